The second-order valence-corrected chi connectivity index (χ2v) is 10.00. The van der Waals surface area contributed by atoms with Gasteiger partial charge in [0.05, 0.1) is 17.9 Å². The van der Waals surface area contributed by atoms with E-state index in [1.165, 1.54) is 5.56 Å². The fourth-order valence-electron chi connectivity index (χ4n) is 3.39. The lowest BCUT2D eigenvalue weighted by atomic mass is 10.2. The van der Waals surface area contributed by atoms with E-state index >= 15 is 0 Å². The van der Waals surface area contributed by atoms with Crippen molar-refractivity contribution in [3.8, 4) is 11.5 Å². The summed E-state index contributed by atoms with van der Waals surface area (Å²) in [5.41, 5.74) is 5.80. The minimum absolute atomic E-state index is 0.0345. The van der Waals surface area contributed by atoms with Crippen molar-refractivity contribution in [2.75, 3.05) is 6.61 Å². The molecule has 0 saturated carbocycles. The van der Waals surface area contributed by atoms with Crippen LogP contribution in [0.25, 0.3) is 6.08 Å². The standard InChI is InChI=1S/C28H24N2O6S2/c1-18-5-7-19(8-6-18)17-36-22-11-9-21(10-12-22)26(33)29-30-27(34)24(38-28(30)37)16-20-3-2-4-23(15-20)35-14-13-25(31)32/h2-12,15-16H,13-14,17H2,1H3,(H,29,33)(H,31,32)/b24-16+. The average molecular weight is 549 g/mol. The van der Waals surface area contributed by atoms with E-state index in [-0.39, 0.29) is 17.3 Å². The number of hydrazine groups is 1. The Morgan fingerprint density at radius 3 is 2.47 bits per heavy atom. The number of amides is 2. The summed E-state index contributed by atoms with van der Waals surface area (Å²) in [6.45, 7) is 2.47. The zero-order valence-electron chi connectivity index (χ0n) is 20.4. The number of rotatable bonds is 10. The summed E-state index contributed by atoms with van der Waals surface area (Å²) in [5, 5.41) is 9.79. The van der Waals surface area contributed by atoms with Gasteiger partial charge in [-0.15, -0.1) is 0 Å². The second kappa shape index (κ2) is 12.4. The minimum atomic E-state index is -0.950. The van der Waals surface area contributed by atoms with E-state index in [2.05, 4.69) is 5.43 Å². The summed E-state index contributed by atoms with van der Waals surface area (Å²) >= 11 is 6.37. The van der Waals surface area contributed by atoms with Crippen molar-refractivity contribution in [3.63, 3.8) is 0 Å². The van der Waals surface area contributed by atoms with E-state index in [9.17, 15) is 14.4 Å². The number of thiocarbonyl (C=S) groups is 1. The molecule has 8 nitrogen and oxygen atoms in total. The lowest BCUT2D eigenvalue weighted by molar-refractivity contribution is -0.137. The Bertz CT molecular complexity index is 1390. The molecule has 1 saturated heterocycles. The molecule has 0 aliphatic carbocycles. The van der Waals surface area contributed by atoms with Gasteiger partial charge in [0.25, 0.3) is 11.8 Å². The number of carboxylic acid groups (broad SMARTS) is 1. The molecule has 1 heterocycles. The number of carbonyl (C=O) groups is 3. The normalized spacial score (nSPS) is 14.0. The molecule has 1 fully saturated rings. The van der Waals surface area contributed by atoms with Gasteiger partial charge < -0.3 is 14.6 Å². The fourth-order valence-corrected chi connectivity index (χ4v) is 4.56. The summed E-state index contributed by atoms with van der Waals surface area (Å²) < 4.78 is 11.4. The SMILES string of the molecule is Cc1ccc(COc2ccc(C(=O)NN3C(=O)/C(=C\c4cccc(OCCC(=O)O)c4)SC3=S)cc2)cc1. The zero-order valence-corrected chi connectivity index (χ0v) is 22.0. The third-order valence-corrected chi connectivity index (χ3v) is 6.69. The van der Waals surface area contributed by atoms with Crippen molar-refractivity contribution in [1.82, 2.24) is 10.4 Å². The lowest BCUT2D eigenvalue weighted by Crippen LogP contribution is -2.44. The first kappa shape index (κ1) is 26.9. The first-order valence-electron chi connectivity index (χ1n) is 11.6. The molecular formula is C28H24N2O6S2. The highest BCUT2D eigenvalue weighted by atomic mass is 32.2. The van der Waals surface area contributed by atoms with Crippen LogP contribution in [0.4, 0.5) is 0 Å². The number of hydrogen-bond donors (Lipinski definition) is 2. The van der Waals surface area contributed by atoms with Gasteiger partial charge in [-0.3, -0.25) is 19.8 Å². The van der Waals surface area contributed by atoms with Gasteiger partial charge in [-0.2, -0.15) is 5.01 Å². The van der Waals surface area contributed by atoms with Crippen LogP contribution in [0, 0.1) is 6.92 Å². The van der Waals surface area contributed by atoms with E-state index in [1.807, 2.05) is 31.2 Å². The molecule has 0 unspecified atom stereocenters. The van der Waals surface area contributed by atoms with Crippen LogP contribution < -0.4 is 14.9 Å². The van der Waals surface area contributed by atoms with E-state index in [0.717, 1.165) is 22.3 Å². The first-order valence-corrected chi connectivity index (χ1v) is 12.8. The summed E-state index contributed by atoms with van der Waals surface area (Å²) in [6.07, 6.45) is 1.52. The molecule has 0 bridgehead atoms. The van der Waals surface area contributed by atoms with Crippen LogP contribution >= 0.6 is 24.0 Å². The van der Waals surface area contributed by atoms with Crippen molar-refractivity contribution < 1.29 is 29.0 Å². The molecule has 1 aliphatic rings. The Labute approximate surface area is 229 Å². The minimum Gasteiger partial charge on any atom is -0.493 e. The van der Waals surface area contributed by atoms with Gasteiger partial charge in [0.15, 0.2) is 4.32 Å². The second-order valence-electron chi connectivity index (χ2n) is 8.32. The topological polar surface area (TPSA) is 105 Å². The number of nitrogens with zero attached hydrogens (tertiary/aromatic N) is 1. The first-order chi connectivity index (χ1) is 18.3. The fraction of sp³-hybridized carbons (Fsp3) is 0.143. The number of carbonyl (C=O) groups excluding carboxylic acids is 2. The van der Waals surface area contributed by atoms with E-state index in [1.54, 1.807) is 54.6 Å². The highest BCUT2D eigenvalue weighted by Gasteiger charge is 2.33. The van der Waals surface area contributed by atoms with Crippen LogP contribution in [-0.2, 0) is 16.2 Å². The van der Waals surface area contributed by atoms with E-state index in [4.69, 9.17) is 26.8 Å². The summed E-state index contributed by atoms with van der Waals surface area (Å²) in [4.78, 5) is 36.7. The molecule has 3 aromatic carbocycles. The molecule has 0 atom stereocenters. The molecule has 3 aromatic rings. The van der Waals surface area contributed by atoms with Crippen molar-refractivity contribution >= 4 is 52.2 Å². The number of benzene rings is 3. The Kier molecular flexibility index (Phi) is 8.77. The number of nitrogens with one attached hydrogen (secondary N) is 1. The van der Waals surface area contributed by atoms with Gasteiger partial charge in [0.2, 0.25) is 0 Å². The van der Waals surface area contributed by atoms with E-state index < -0.39 is 17.8 Å². The third kappa shape index (κ3) is 7.21. The molecule has 194 valence electrons. The predicted octanol–water partition coefficient (Wildman–Crippen LogP) is 4.97. The van der Waals surface area contributed by atoms with E-state index in [0.29, 0.717) is 34.1 Å². The molecular weight excluding hydrogens is 524 g/mol. The largest absolute Gasteiger partial charge is 0.493 e. The van der Waals surface area contributed by atoms with Crippen LogP contribution in [0.2, 0.25) is 0 Å². The predicted molar refractivity (Wildman–Crippen MR) is 149 cm³/mol. The number of aliphatic carboxylic acids is 1. The van der Waals surface area contributed by atoms with Crippen molar-refractivity contribution in [3.05, 3.63) is 100.0 Å². The van der Waals surface area contributed by atoms with Crippen LogP contribution in [0.3, 0.4) is 0 Å². The van der Waals surface area contributed by atoms with Gasteiger partial charge >= 0.3 is 5.97 Å². The number of carboxylic acids is 1. The highest BCUT2D eigenvalue weighted by molar-refractivity contribution is 8.26. The number of thioether (sulfide) groups is 1. The smallest absolute Gasteiger partial charge is 0.306 e. The summed E-state index contributed by atoms with van der Waals surface area (Å²) in [7, 11) is 0. The van der Waals surface area contributed by atoms with Crippen LogP contribution in [0.5, 0.6) is 11.5 Å². The summed E-state index contributed by atoms with van der Waals surface area (Å²) in [6, 6.07) is 21.6. The number of hydrogen-bond acceptors (Lipinski definition) is 7. The van der Waals surface area contributed by atoms with Gasteiger partial charge in [-0.05, 0) is 72.7 Å². The maximum Gasteiger partial charge on any atom is 0.306 e. The Morgan fingerprint density at radius 1 is 1.03 bits per heavy atom. The maximum absolute atomic E-state index is 12.9. The molecule has 0 spiro atoms. The lowest BCUT2D eigenvalue weighted by Gasteiger charge is -2.16. The molecule has 4 rings (SSSR count). The molecule has 2 N–H and O–H groups in total. The van der Waals surface area contributed by atoms with Crippen LogP contribution in [0.15, 0.2) is 77.7 Å². The number of aryl methyl sites for hydroxylation is 1. The van der Waals surface area contributed by atoms with Gasteiger partial charge in [-0.1, -0.05) is 53.7 Å². The highest BCUT2D eigenvalue weighted by Crippen LogP contribution is 2.32. The molecule has 0 radical (unpaired) electrons. The van der Waals surface area contributed by atoms with Crippen molar-refractivity contribution in [1.29, 1.82) is 0 Å². The molecule has 2 amide bonds. The molecule has 38 heavy (non-hydrogen) atoms. The Balaban J connectivity index is 1.35. The zero-order chi connectivity index (χ0) is 27.1. The quantitative estimate of drug-likeness (QED) is 0.270. The maximum atomic E-state index is 12.9. The third-order valence-electron chi connectivity index (χ3n) is 5.39. The Hall–Kier alpha value is -4.15. The monoisotopic (exact) mass is 548 g/mol. The van der Waals surface area contributed by atoms with Gasteiger partial charge in [-0.25, -0.2) is 0 Å². The molecule has 10 heteroatoms. The van der Waals surface area contributed by atoms with Gasteiger partial charge in [0, 0.05) is 5.56 Å². The average Bonchev–Trinajstić information content (AvgIpc) is 3.16. The van der Waals surface area contributed by atoms with Crippen molar-refractivity contribution in [2.45, 2.75) is 20.0 Å². The Morgan fingerprint density at radius 2 is 1.76 bits per heavy atom. The molecule has 1 aliphatic heterocycles. The van der Waals surface area contributed by atoms with Crippen molar-refractivity contribution in [2.24, 2.45) is 0 Å². The molecule has 0 aromatic heterocycles. The van der Waals surface area contributed by atoms with Crippen LogP contribution in [-0.4, -0.2) is 38.8 Å². The van der Waals surface area contributed by atoms with Crippen LogP contribution in [0.1, 0.15) is 33.5 Å². The van der Waals surface area contributed by atoms with Gasteiger partial charge in [0.1, 0.15) is 18.1 Å². The summed E-state index contributed by atoms with van der Waals surface area (Å²) in [5.74, 6) is -0.792. The number of ether oxygens (including phenoxy) is 2.